The molecule has 0 aliphatic carbocycles. The highest BCUT2D eigenvalue weighted by molar-refractivity contribution is 8.15. The molecule has 2 aromatic rings. The third-order valence-electron chi connectivity index (χ3n) is 4.71. The number of aliphatic imine (C=N–C) groups is 1. The van der Waals surface area contributed by atoms with Crippen LogP contribution in [-0.4, -0.2) is 53.4 Å². The Morgan fingerprint density at radius 2 is 1.81 bits per heavy atom. The fraction of sp³-hybridized carbons (Fsp3) is 0.304. The van der Waals surface area contributed by atoms with Crippen LogP contribution in [0, 0.1) is 0 Å². The van der Waals surface area contributed by atoms with Gasteiger partial charge in [0.25, 0.3) is 0 Å². The third kappa shape index (κ3) is 5.67. The van der Waals surface area contributed by atoms with Gasteiger partial charge in [0.2, 0.25) is 11.8 Å². The maximum Gasteiger partial charge on any atom is 0.338 e. The number of nitrogens with zero attached hydrogens (tertiary/aromatic N) is 2. The van der Waals surface area contributed by atoms with Crippen molar-refractivity contribution in [1.29, 1.82) is 0 Å². The van der Waals surface area contributed by atoms with E-state index in [2.05, 4.69) is 10.3 Å². The second-order valence-electron chi connectivity index (χ2n) is 6.83. The summed E-state index contributed by atoms with van der Waals surface area (Å²) in [5.74, 6) is -0.149. The molecule has 1 aliphatic rings. The van der Waals surface area contributed by atoms with Gasteiger partial charge >= 0.3 is 5.97 Å². The predicted octanol–water partition coefficient (Wildman–Crippen LogP) is 3.85. The summed E-state index contributed by atoms with van der Waals surface area (Å²) in [4.78, 5) is 43.4. The first-order valence-electron chi connectivity index (χ1n) is 10.2. The van der Waals surface area contributed by atoms with Crippen molar-refractivity contribution >= 4 is 46.1 Å². The summed E-state index contributed by atoms with van der Waals surface area (Å²) >= 11 is 1.24. The molecule has 32 heavy (non-hydrogen) atoms. The zero-order valence-corrected chi connectivity index (χ0v) is 19.0. The van der Waals surface area contributed by atoms with E-state index in [1.165, 1.54) is 11.8 Å². The number of carbonyl (C=O) groups is 3. The van der Waals surface area contributed by atoms with Crippen LogP contribution in [0.4, 0.5) is 11.4 Å². The third-order valence-corrected chi connectivity index (χ3v) is 5.90. The summed E-state index contributed by atoms with van der Waals surface area (Å²) in [7, 11) is 1.57. The molecule has 0 bridgehead atoms. The van der Waals surface area contributed by atoms with Crippen LogP contribution in [0.1, 0.15) is 30.6 Å². The molecule has 168 valence electrons. The topological polar surface area (TPSA) is 97.3 Å². The molecule has 3 rings (SSSR count). The van der Waals surface area contributed by atoms with Crippen LogP contribution < -0.4 is 10.1 Å². The number of anilines is 1. The minimum Gasteiger partial charge on any atom is -0.497 e. The molecule has 0 spiro atoms. The highest BCUT2D eigenvalue weighted by atomic mass is 32.2. The van der Waals surface area contributed by atoms with Crippen molar-refractivity contribution in [1.82, 2.24) is 4.90 Å². The van der Waals surface area contributed by atoms with E-state index in [-0.39, 0.29) is 18.2 Å². The molecule has 1 atom stereocenters. The number of amides is 2. The van der Waals surface area contributed by atoms with E-state index in [0.717, 1.165) is 0 Å². The lowest BCUT2D eigenvalue weighted by molar-refractivity contribution is -0.129. The number of ether oxygens (including phenoxy) is 2. The quantitative estimate of drug-likeness (QED) is 0.637. The normalized spacial score (nSPS) is 17.2. The largest absolute Gasteiger partial charge is 0.497 e. The summed E-state index contributed by atoms with van der Waals surface area (Å²) in [5, 5.41) is 2.68. The second-order valence-corrected chi connectivity index (χ2v) is 8.00. The number of hydrogen-bond donors (Lipinski definition) is 1. The van der Waals surface area contributed by atoms with Crippen molar-refractivity contribution in [2.24, 2.45) is 4.99 Å². The number of rotatable bonds is 7. The van der Waals surface area contributed by atoms with Crippen molar-refractivity contribution in [2.45, 2.75) is 25.5 Å². The van der Waals surface area contributed by atoms with Crippen molar-refractivity contribution in [3.63, 3.8) is 0 Å². The van der Waals surface area contributed by atoms with Gasteiger partial charge in [-0.05, 0) is 62.4 Å². The average Bonchev–Trinajstić information content (AvgIpc) is 2.80. The first kappa shape index (κ1) is 23.3. The highest BCUT2D eigenvalue weighted by Gasteiger charge is 2.35. The van der Waals surface area contributed by atoms with Crippen molar-refractivity contribution in [3.05, 3.63) is 54.1 Å². The van der Waals surface area contributed by atoms with E-state index in [4.69, 9.17) is 9.47 Å². The SMILES string of the molecule is CCOC(=O)c1ccc(N=C2S[C@@H](C(=O)Nc3ccc(OC)cc3)CC(=O)N2CC)cc1. The molecule has 0 saturated carbocycles. The fourth-order valence-corrected chi connectivity index (χ4v) is 4.21. The lowest BCUT2D eigenvalue weighted by Gasteiger charge is -2.30. The zero-order valence-electron chi connectivity index (χ0n) is 18.2. The molecule has 1 saturated heterocycles. The van der Waals surface area contributed by atoms with E-state index in [9.17, 15) is 14.4 Å². The summed E-state index contributed by atoms with van der Waals surface area (Å²) < 4.78 is 10.1. The Bertz CT molecular complexity index is 1010. The van der Waals surface area contributed by atoms with Crippen LogP contribution in [0.3, 0.4) is 0 Å². The maximum atomic E-state index is 12.8. The lowest BCUT2D eigenvalue weighted by atomic mass is 10.2. The van der Waals surface area contributed by atoms with E-state index < -0.39 is 11.2 Å². The molecule has 2 amide bonds. The van der Waals surface area contributed by atoms with Gasteiger partial charge in [-0.1, -0.05) is 11.8 Å². The molecular weight excluding hydrogens is 430 g/mol. The van der Waals surface area contributed by atoms with Gasteiger partial charge in [-0.15, -0.1) is 0 Å². The summed E-state index contributed by atoms with van der Waals surface area (Å²) in [6.07, 6.45) is 0.0846. The minimum atomic E-state index is -0.607. The number of hydrogen-bond acceptors (Lipinski definition) is 7. The van der Waals surface area contributed by atoms with Gasteiger partial charge < -0.3 is 14.8 Å². The number of amidine groups is 1. The zero-order chi connectivity index (χ0) is 23.1. The molecular formula is C23H25N3O5S. The molecule has 8 nitrogen and oxygen atoms in total. The molecule has 1 heterocycles. The first-order valence-corrected chi connectivity index (χ1v) is 11.1. The van der Waals surface area contributed by atoms with Gasteiger partial charge in [-0.2, -0.15) is 0 Å². The van der Waals surface area contributed by atoms with Crippen LogP contribution in [0.25, 0.3) is 0 Å². The number of benzene rings is 2. The fourth-order valence-electron chi connectivity index (χ4n) is 3.05. The summed E-state index contributed by atoms with van der Waals surface area (Å²) in [5.41, 5.74) is 1.62. The van der Waals surface area contributed by atoms with E-state index in [0.29, 0.717) is 41.0 Å². The molecule has 1 aliphatic heterocycles. The number of nitrogens with one attached hydrogen (secondary N) is 1. The van der Waals surface area contributed by atoms with Gasteiger partial charge in [0.1, 0.15) is 11.0 Å². The Labute approximate surface area is 191 Å². The van der Waals surface area contributed by atoms with E-state index in [1.54, 1.807) is 67.5 Å². The Kier molecular flexibility index (Phi) is 7.88. The van der Waals surface area contributed by atoms with Crippen molar-refractivity contribution in [2.75, 3.05) is 25.6 Å². The van der Waals surface area contributed by atoms with Gasteiger partial charge in [0.15, 0.2) is 5.17 Å². The van der Waals surface area contributed by atoms with Gasteiger partial charge in [0, 0.05) is 18.7 Å². The number of thioether (sulfide) groups is 1. The molecule has 1 N–H and O–H groups in total. The second kappa shape index (κ2) is 10.8. The number of methoxy groups -OCH3 is 1. The molecule has 0 radical (unpaired) electrons. The standard InChI is InChI=1S/C23H25N3O5S/c1-4-26-20(27)14-19(21(28)24-16-10-12-18(30-3)13-11-16)32-23(26)25-17-8-6-15(7-9-17)22(29)31-5-2/h6-13,19H,4-5,14H2,1-3H3,(H,24,28)/t19-/m1/s1. The maximum absolute atomic E-state index is 12.8. The van der Waals surface area contributed by atoms with Gasteiger partial charge in [-0.3, -0.25) is 14.5 Å². The number of carbonyl (C=O) groups excluding carboxylic acids is 3. The monoisotopic (exact) mass is 455 g/mol. The Balaban J connectivity index is 1.76. The predicted molar refractivity (Wildman–Crippen MR) is 125 cm³/mol. The van der Waals surface area contributed by atoms with E-state index >= 15 is 0 Å². The van der Waals surface area contributed by atoms with Crippen LogP contribution in [0.2, 0.25) is 0 Å². The van der Waals surface area contributed by atoms with Crippen LogP contribution in [0.15, 0.2) is 53.5 Å². The summed E-state index contributed by atoms with van der Waals surface area (Å²) in [6, 6.07) is 13.6. The lowest BCUT2D eigenvalue weighted by Crippen LogP contribution is -2.45. The Morgan fingerprint density at radius 3 is 2.41 bits per heavy atom. The van der Waals surface area contributed by atoms with E-state index in [1.807, 2.05) is 6.92 Å². The average molecular weight is 456 g/mol. The Morgan fingerprint density at radius 1 is 1.12 bits per heavy atom. The van der Waals surface area contributed by atoms with Crippen molar-refractivity contribution < 1.29 is 23.9 Å². The van der Waals surface area contributed by atoms with Crippen LogP contribution in [0.5, 0.6) is 5.75 Å². The van der Waals surface area contributed by atoms with Crippen molar-refractivity contribution in [3.8, 4) is 5.75 Å². The minimum absolute atomic E-state index is 0.0846. The summed E-state index contributed by atoms with van der Waals surface area (Å²) in [6.45, 7) is 4.34. The molecule has 0 aromatic heterocycles. The molecule has 2 aromatic carbocycles. The highest BCUT2D eigenvalue weighted by Crippen LogP contribution is 2.30. The molecule has 9 heteroatoms. The van der Waals surface area contributed by atoms with Crippen LogP contribution >= 0.6 is 11.8 Å². The Hall–Kier alpha value is -3.33. The number of esters is 1. The molecule has 0 unspecified atom stereocenters. The smallest absolute Gasteiger partial charge is 0.338 e. The van der Waals surface area contributed by atoms with Gasteiger partial charge in [0.05, 0.1) is 25.0 Å². The van der Waals surface area contributed by atoms with Crippen LogP contribution in [-0.2, 0) is 14.3 Å². The van der Waals surface area contributed by atoms with Gasteiger partial charge in [-0.25, -0.2) is 9.79 Å². The molecule has 1 fully saturated rings. The first-order chi connectivity index (χ1) is 15.4.